The Morgan fingerprint density at radius 1 is 0.778 bits per heavy atom. The molecule has 3 aromatic carbocycles. The molecule has 0 saturated carbocycles. The van der Waals surface area contributed by atoms with E-state index in [0.29, 0.717) is 18.7 Å². The molecule has 0 atom stereocenters. The number of halogens is 2. The number of para-hydroxylation sites is 1. The Labute approximate surface area is 157 Å². The monoisotopic (exact) mass is 362 g/mol. The first-order valence-electron chi connectivity index (χ1n) is 8.96. The van der Waals surface area contributed by atoms with E-state index in [1.165, 1.54) is 28.6 Å². The minimum atomic E-state index is -0.555. The van der Waals surface area contributed by atoms with E-state index in [4.69, 9.17) is 0 Å². The number of aromatic nitrogens is 1. The molecule has 1 aromatic heterocycles. The van der Waals surface area contributed by atoms with Gasteiger partial charge in [0.15, 0.2) is 0 Å². The van der Waals surface area contributed by atoms with E-state index >= 15 is 0 Å². The second-order valence-electron chi connectivity index (χ2n) is 6.62. The zero-order valence-corrected chi connectivity index (χ0v) is 14.8. The third-order valence-corrected chi connectivity index (χ3v) is 4.71. The van der Waals surface area contributed by atoms with Crippen molar-refractivity contribution in [3.63, 3.8) is 0 Å². The van der Waals surface area contributed by atoms with E-state index in [9.17, 15) is 8.78 Å². The number of nitrogens with one attached hydrogen (secondary N) is 1. The first-order chi connectivity index (χ1) is 13.2. The maximum atomic E-state index is 13.8. The first kappa shape index (κ1) is 17.4. The average molecular weight is 362 g/mol. The molecule has 0 unspecified atom stereocenters. The molecule has 136 valence electrons. The SMILES string of the molecule is Fc1ccc(CNCc2cn(Cc3ccccc3)c3ccccc23)c(F)c1. The van der Waals surface area contributed by atoms with Gasteiger partial charge < -0.3 is 9.88 Å². The van der Waals surface area contributed by atoms with E-state index in [1.54, 1.807) is 0 Å². The topological polar surface area (TPSA) is 17.0 Å². The highest BCUT2D eigenvalue weighted by molar-refractivity contribution is 5.84. The Bertz CT molecular complexity index is 1050. The predicted octanol–water partition coefficient (Wildman–Crippen LogP) is 5.26. The Balaban J connectivity index is 1.53. The van der Waals surface area contributed by atoms with Crippen molar-refractivity contribution < 1.29 is 8.78 Å². The number of rotatable bonds is 6. The van der Waals surface area contributed by atoms with E-state index < -0.39 is 11.6 Å². The van der Waals surface area contributed by atoms with Gasteiger partial charge in [-0.2, -0.15) is 0 Å². The van der Waals surface area contributed by atoms with Gasteiger partial charge in [-0.25, -0.2) is 8.78 Å². The lowest BCUT2D eigenvalue weighted by Gasteiger charge is -2.06. The van der Waals surface area contributed by atoms with Crippen molar-refractivity contribution in [2.75, 3.05) is 0 Å². The molecule has 0 aliphatic heterocycles. The van der Waals surface area contributed by atoms with Crippen LogP contribution < -0.4 is 5.32 Å². The van der Waals surface area contributed by atoms with Gasteiger partial charge in [0.1, 0.15) is 11.6 Å². The summed E-state index contributed by atoms with van der Waals surface area (Å²) < 4.78 is 29.1. The first-order valence-corrected chi connectivity index (χ1v) is 8.96. The van der Waals surface area contributed by atoms with Crippen LogP contribution in [-0.4, -0.2) is 4.57 Å². The van der Waals surface area contributed by atoms with Crippen LogP contribution in [0.4, 0.5) is 8.78 Å². The predicted molar refractivity (Wildman–Crippen MR) is 104 cm³/mol. The molecule has 0 saturated heterocycles. The molecule has 0 fully saturated rings. The molecule has 4 heteroatoms. The van der Waals surface area contributed by atoms with Crippen LogP contribution >= 0.6 is 0 Å². The van der Waals surface area contributed by atoms with Gasteiger partial charge in [-0.05, 0) is 23.3 Å². The summed E-state index contributed by atoms with van der Waals surface area (Å²) in [5, 5.41) is 4.45. The number of hydrogen-bond acceptors (Lipinski definition) is 1. The van der Waals surface area contributed by atoms with Crippen molar-refractivity contribution in [2.24, 2.45) is 0 Å². The van der Waals surface area contributed by atoms with Crippen LogP contribution in [0, 0.1) is 11.6 Å². The summed E-state index contributed by atoms with van der Waals surface area (Å²) in [7, 11) is 0. The van der Waals surface area contributed by atoms with Crippen LogP contribution in [0.5, 0.6) is 0 Å². The highest BCUT2D eigenvalue weighted by atomic mass is 19.1. The fraction of sp³-hybridized carbons (Fsp3) is 0.130. The van der Waals surface area contributed by atoms with Crippen LogP contribution in [0.1, 0.15) is 16.7 Å². The van der Waals surface area contributed by atoms with Crippen molar-refractivity contribution in [1.82, 2.24) is 9.88 Å². The Morgan fingerprint density at radius 3 is 2.33 bits per heavy atom. The zero-order valence-electron chi connectivity index (χ0n) is 14.8. The fourth-order valence-corrected chi connectivity index (χ4v) is 3.37. The molecule has 0 spiro atoms. The molecular formula is C23H20F2N2. The third kappa shape index (κ3) is 3.91. The van der Waals surface area contributed by atoms with Crippen molar-refractivity contribution in [2.45, 2.75) is 19.6 Å². The number of benzene rings is 3. The molecule has 0 aliphatic carbocycles. The van der Waals surface area contributed by atoms with Gasteiger partial charge in [-0.3, -0.25) is 0 Å². The molecule has 4 aromatic rings. The Kier molecular flexibility index (Phi) is 4.99. The van der Waals surface area contributed by atoms with Crippen LogP contribution in [0.3, 0.4) is 0 Å². The summed E-state index contributed by atoms with van der Waals surface area (Å²) in [5.74, 6) is -1.07. The summed E-state index contributed by atoms with van der Waals surface area (Å²) in [4.78, 5) is 0. The highest BCUT2D eigenvalue weighted by Gasteiger charge is 2.09. The summed E-state index contributed by atoms with van der Waals surface area (Å²) in [6.45, 7) is 1.76. The van der Waals surface area contributed by atoms with Gasteiger partial charge in [-0.15, -0.1) is 0 Å². The maximum absolute atomic E-state index is 13.8. The molecule has 4 rings (SSSR count). The molecule has 0 aliphatic rings. The van der Waals surface area contributed by atoms with Gasteiger partial charge >= 0.3 is 0 Å². The maximum Gasteiger partial charge on any atom is 0.130 e. The van der Waals surface area contributed by atoms with E-state index in [2.05, 4.69) is 40.3 Å². The fourth-order valence-electron chi connectivity index (χ4n) is 3.37. The van der Waals surface area contributed by atoms with Gasteiger partial charge in [-0.1, -0.05) is 54.6 Å². The number of nitrogens with zero attached hydrogens (tertiary/aromatic N) is 1. The average Bonchev–Trinajstić information content (AvgIpc) is 3.02. The summed E-state index contributed by atoms with van der Waals surface area (Å²) in [6, 6.07) is 22.3. The van der Waals surface area contributed by atoms with Crippen molar-refractivity contribution >= 4 is 10.9 Å². The molecule has 0 bridgehead atoms. The smallest absolute Gasteiger partial charge is 0.130 e. The second kappa shape index (κ2) is 7.72. The lowest BCUT2D eigenvalue weighted by atomic mass is 10.1. The van der Waals surface area contributed by atoms with Crippen LogP contribution in [0.15, 0.2) is 79.0 Å². The number of fused-ring (bicyclic) bond motifs is 1. The largest absolute Gasteiger partial charge is 0.343 e. The minimum Gasteiger partial charge on any atom is -0.343 e. The van der Waals surface area contributed by atoms with Crippen molar-refractivity contribution in [1.29, 1.82) is 0 Å². The molecule has 0 amide bonds. The standard InChI is InChI=1S/C23H20F2N2/c24-20-11-10-18(22(25)12-20)13-26-14-19-16-27(15-17-6-2-1-3-7-17)23-9-5-4-8-21(19)23/h1-12,16,26H,13-15H2. The summed E-state index contributed by atoms with van der Waals surface area (Å²) in [6.07, 6.45) is 2.14. The second-order valence-corrected chi connectivity index (χ2v) is 6.62. The molecule has 1 N–H and O–H groups in total. The van der Waals surface area contributed by atoms with E-state index in [1.807, 2.05) is 30.3 Å². The lowest BCUT2D eigenvalue weighted by molar-refractivity contribution is 0.560. The Morgan fingerprint density at radius 2 is 1.52 bits per heavy atom. The molecule has 1 heterocycles. The van der Waals surface area contributed by atoms with Crippen molar-refractivity contribution in [3.05, 3.63) is 107 Å². The van der Waals surface area contributed by atoms with E-state index in [-0.39, 0.29) is 0 Å². The molecule has 27 heavy (non-hydrogen) atoms. The van der Waals surface area contributed by atoms with Gasteiger partial charge in [0.05, 0.1) is 0 Å². The quantitative estimate of drug-likeness (QED) is 0.495. The third-order valence-electron chi connectivity index (χ3n) is 4.71. The van der Waals surface area contributed by atoms with Gasteiger partial charge in [0.25, 0.3) is 0 Å². The summed E-state index contributed by atoms with van der Waals surface area (Å²) in [5.41, 5.74) is 4.03. The minimum absolute atomic E-state index is 0.351. The van der Waals surface area contributed by atoms with E-state index in [0.717, 1.165) is 18.2 Å². The van der Waals surface area contributed by atoms with Gasteiger partial charge in [0, 0.05) is 48.4 Å². The number of hydrogen-bond donors (Lipinski definition) is 1. The van der Waals surface area contributed by atoms with Crippen LogP contribution in [0.2, 0.25) is 0 Å². The van der Waals surface area contributed by atoms with Crippen molar-refractivity contribution in [3.8, 4) is 0 Å². The lowest BCUT2D eigenvalue weighted by Crippen LogP contribution is -2.13. The highest BCUT2D eigenvalue weighted by Crippen LogP contribution is 2.22. The summed E-state index contributed by atoms with van der Waals surface area (Å²) >= 11 is 0. The van der Waals surface area contributed by atoms with Crippen LogP contribution in [0.25, 0.3) is 10.9 Å². The Hall–Kier alpha value is -2.98. The molecular weight excluding hydrogens is 342 g/mol. The zero-order chi connectivity index (χ0) is 18.6. The normalized spacial score (nSPS) is 11.2. The van der Waals surface area contributed by atoms with Gasteiger partial charge in [0.2, 0.25) is 0 Å². The molecule has 0 radical (unpaired) electrons. The van der Waals surface area contributed by atoms with Crippen LogP contribution in [-0.2, 0) is 19.6 Å². The molecule has 2 nitrogen and oxygen atoms in total.